The van der Waals surface area contributed by atoms with Crippen LogP contribution in [0, 0.1) is 0 Å². The lowest BCUT2D eigenvalue weighted by Crippen LogP contribution is -2.38. The van der Waals surface area contributed by atoms with Crippen LogP contribution in [0.25, 0.3) is 0 Å². The second-order valence-corrected chi connectivity index (χ2v) is 5.46. The predicted octanol–water partition coefficient (Wildman–Crippen LogP) is 2.09. The van der Waals surface area contributed by atoms with E-state index in [4.69, 9.17) is 9.47 Å². The summed E-state index contributed by atoms with van der Waals surface area (Å²) in [6.07, 6.45) is 0. The molecule has 0 spiro atoms. The number of rotatable bonds is 7. The molecule has 25 heavy (non-hydrogen) atoms. The zero-order valence-corrected chi connectivity index (χ0v) is 14.6. The van der Waals surface area contributed by atoms with Crippen molar-refractivity contribution >= 4 is 11.8 Å². The number of likely N-dealkylation sites (N-methyl/N-ethyl adjacent to an activating group) is 1. The summed E-state index contributed by atoms with van der Waals surface area (Å²) in [5, 5.41) is 2.62. The number of nitrogens with one attached hydrogen (secondary N) is 1. The third-order valence-electron chi connectivity index (χ3n) is 3.74. The summed E-state index contributed by atoms with van der Waals surface area (Å²) in [6.45, 7) is 0.372. The van der Waals surface area contributed by atoms with Crippen molar-refractivity contribution < 1.29 is 19.1 Å². The van der Waals surface area contributed by atoms with Gasteiger partial charge in [0, 0.05) is 13.6 Å². The summed E-state index contributed by atoms with van der Waals surface area (Å²) < 4.78 is 10.4. The van der Waals surface area contributed by atoms with Crippen molar-refractivity contribution in [2.24, 2.45) is 0 Å². The maximum Gasteiger partial charge on any atom is 0.259 e. The van der Waals surface area contributed by atoms with E-state index in [0.717, 1.165) is 5.56 Å². The number of methoxy groups -OCH3 is 2. The van der Waals surface area contributed by atoms with Gasteiger partial charge in [-0.15, -0.1) is 0 Å². The summed E-state index contributed by atoms with van der Waals surface area (Å²) in [7, 11) is 4.65. The first-order chi connectivity index (χ1) is 12.1. The van der Waals surface area contributed by atoms with Crippen LogP contribution in [0.1, 0.15) is 15.9 Å². The molecule has 0 aliphatic heterocycles. The molecule has 0 fully saturated rings. The number of ether oxygens (including phenoxy) is 2. The molecule has 2 amide bonds. The number of carbonyl (C=O) groups is 2. The van der Waals surface area contributed by atoms with E-state index in [9.17, 15) is 9.59 Å². The van der Waals surface area contributed by atoms with Gasteiger partial charge in [0.1, 0.15) is 17.1 Å². The summed E-state index contributed by atoms with van der Waals surface area (Å²) in [5.41, 5.74) is 1.29. The van der Waals surface area contributed by atoms with Crippen LogP contribution in [0.2, 0.25) is 0 Å². The topological polar surface area (TPSA) is 67.9 Å². The fourth-order valence-electron chi connectivity index (χ4n) is 2.40. The normalized spacial score (nSPS) is 10.0. The fourth-order valence-corrected chi connectivity index (χ4v) is 2.40. The molecule has 0 saturated carbocycles. The highest BCUT2D eigenvalue weighted by atomic mass is 16.5. The molecule has 2 aromatic carbocycles. The van der Waals surface area contributed by atoms with Crippen LogP contribution in [0.5, 0.6) is 11.5 Å². The smallest absolute Gasteiger partial charge is 0.259 e. The van der Waals surface area contributed by atoms with Gasteiger partial charge in [-0.05, 0) is 17.7 Å². The zero-order valence-electron chi connectivity index (χ0n) is 14.6. The van der Waals surface area contributed by atoms with Crippen molar-refractivity contribution in [3.8, 4) is 11.5 Å². The molecule has 132 valence electrons. The minimum atomic E-state index is -0.421. The Bertz CT molecular complexity index is 709. The number of nitrogens with zero attached hydrogens (tertiary/aromatic N) is 1. The van der Waals surface area contributed by atoms with Crippen LogP contribution in [-0.4, -0.2) is 44.5 Å². The van der Waals surface area contributed by atoms with Gasteiger partial charge in [-0.1, -0.05) is 36.4 Å². The van der Waals surface area contributed by atoms with E-state index in [-0.39, 0.29) is 18.0 Å². The van der Waals surface area contributed by atoms with Gasteiger partial charge in [-0.25, -0.2) is 0 Å². The Morgan fingerprint density at radius 2 is 1.56 bits per heavy atom. The zero-order chi connectivity index (χ0) is 18.2. The highest BCUT2D eigenvalue weighted by molar-refractivity contribution is 6.01. The minimum Gasteiger partial charge on any atom is -0.496 e. The number of hydrogen-bond acceptors (Lipinski definition) is 4. The average Bonchev–Trinajstić information content (AvgIpc) is 2.65. The van der Waals surface area contributed by atoms with Crippen molar-refractivity contribution in [2.75, 3.05) is 27.8 Å². The number of benzene rings is 2. The lowest BCUT2D eigenvalue weighted by Gasteiger charge is -2.18. The number of hydrogen-bond donors (Lipinski definition) is 1. The average molecular weight is 342 g/mol. The molecule has 0 aliphatic rings. The molecule has 0 radical (unpaired) electrons. The van der Waals surface area contributed by atoms with Crippen LogP contribution in [-0.2, 0) is 11.3 Å². The maximum absolute atomic E-state index is 12.4. The van der Waals surface area contributed by atoms with Gasteiger partial charge in [0.05, 0.1) is 20.8 Å². The van der Waals surface area contributed by atoms with E-state index < -0.39 is 5.91 Å². The Kier molecular flexibility index (Phi) is 6.39. The summed E-state index contributed by atoms with van der Waals surface area (Å²) in [5.74, 6) is 0.172. The maximum atomic E-state index is 12.4. The van der Waals surface area contributed by atoms with E-state index in [1.807, 2.05) is 30.3 Å². The molecule has 6 heteroatoms. The van der Waals surface area contributed by atoms with Crippen LogP contribution in [0.4, 0.5) is 0 Å². The molecule has 0 unspecified atom stereocenters. The standard InChI is InChI=1S/C19H22N2O4/c1-21(13-14-8-5-4-6-9-14)17(22)12-20-19(23)18-15(24-2)10-7-11-16(18)25-3/h4-11H,12-13H2,1-3H3,(H,20,23). The fraction of sp³-hybridized carbons (Fsp3) is 0.263. The highest BCUT2D eigenvalue weighted by Crippen LogP contribution is 2.27. The van der Waals surface area contributed by atoms with Gasteiger partial charge in [0.15, 0.2) is 0 Å². The molecule has 2 rings (SSSR count). The van der Waals surface area contributed by atoms with E-state index >= 15 is 0 Å². The lowest BCUT2D eigenvalue weighted by molar-refractivity contribution is -0.129. The molecule has 1 N–H and O–H groups in total. The Hall–Kier alpha value is -3.02. The summed E-state index contributed by atoms with van der Waals surface area (Å²) >= 11 is 0. The Labute approximate surface area is 147 Å². The Balaban J connectivity index is 1.99. The SMILES string of the molecule is COc1cccc(OC)c1C(=O)NCC(=O)N(C)Cc1ccccc1. The minimum absolute atomic E-state index is 0.108. The Morgan fingerprint density at radius 3 is 2.12 bits per heavy atom. The van der Waals surface area contributed by atoms with E-state index in [0.29, 0.717) is 18.0 Å². The monoisotopic (exact) mass is 342 g/mol. The molecule has 0 aliphatic carbocycles. The van der Waals surface area contributed by atoms with Crippen LogP contribution in [0.15, 0.2) is 48.5 Å². The predicted molar refractivity (Wildman–Crippen MR) is 94.8 cm³/mol. The van der Waals surface area contributed by atoms with Gasteiger partial charge in [-0.2, -0.15) is 0 Å². The van der Waals surface area contributed by atoms with Crippen molar-refractivity contribution in [3.63, 3.8) is 0 Å². The van der Waals surface area contributed by atoms with Crippen molar-refractivity contribution in [1.82, 2.24) is 10.2 Å². The van der Waals surface area contributed by atoms with Crippen LogP contribution >= 0.6 is 0 Å². The first-order valence-corrected chi connectivity index (χ1v) is 7.84. The van der Waals surface area contributed by atoms with Gasteiger partial charge < -0.3 is 19.7 Å². The van der Waals surface area contributed by atoms with E-state index in [1.165, 1.54) is 14.2 Å². The second-order valence-electron chi connectivity index (χ2n) is 5.46. The Morgan fingerprint density at radius 1 is 0.960 bits per heavy atom. The van der Waals surface area contributed by atoms with Gasteiger partial charge >= 0.3 is 0 Å². The molecular weight excluding hydrogens is 320 g/mol. The largest absolute Gasteiger partial charge is 0.496 e. The third kappa shape index (κ3) is 4.73. The molecular formula is C19H22N2O4. The van der Waals surface area contributed by atoms with Gasteiger partial charge in [0.2, 0.25) is 5.91 Å². The molecule has 2 aromatic rings. The van der Waals surface area contributed by atoms with Gasteiger partial charge in [-0.3, -0.25) is 9.59 Å². The van der Waals surface area contributed by atoms with Gasteiger partial charge in [0.25, 0.3) is 5.91 Å². The van der Waals surface area contributed by atoms with Crippen molar-refractivity contribution in [3.05, 3.63) is 59.7 Å². The number of amides is 2. The van der Waals surface area contributed by atoms with Crippen LogP contribution in [0.3, 0.4) is 0 Å². The summed E-state index contributed by atoms with van der Waals surface area (Å²) in [4.78, 5) is 26.3. The van der Waals surface area contributed by atoms with Crippen LogP contribution < -0.4 is 14.8 Å². The quantitative estimate of drug-likeness (QED) is 0.837. The molecule has 0 heterocycles. The first-order valence-electron chi connectivity index (χ1n) is 7.84. The third-order valence-corrected chi connectivity index (χ3v) is 3.74. The second kappa shape index (κ2) is 8.73. The van der Waals surface area contributed by atoms with E-state index in [2.05, 4.69) is 5.32 Å². The molecule has 0 bridgehead atoms. The molecule has 0 aromatic heterocycles. The van der Waals surface area contributed by atoms with Crippen molar-refractivity contribution in [2.45, 2.75) is 6.54 Å². The lowest BCUT2D eigenvalue weighted by atomic mass is 10.1. The first kappa shape index (κ1) is 18.3. The van der Waals surface area contributed by atoms with Crippen molar-refractivity contribution in [1.29, 1.82) is 0 Å². The highest BCUT2D eigenvalue weighted by Gasteiger charge is 2.19. The van der Waals surface area contributed by atoms with E-state index in [1.54, 1.807) is 30.1 Å². The molecule has 6 nitrogen and oxygen atoms in total. The molecule has 0 atom stereocenters. The molecule has 0 saturated heterocycles. The number of carbonyl (C=O) groups excluding carboxylic acids is 2. The summed E-state index contributed by atoms with van der Waals surface area (Å²) in [6, 6.07) is 14.7.